The number of nitrogens with one attached hydrogen (secondary N) is 1. The van der Waals surface area contributed by atoms with Crippen molar-refractivity contribution in [3.8, 4) is 5.75 Å². The summed E-state index contributed by atoms with van der Waals surface area (Å²) in [4.78, 5) is 24.7. The number of benzene rings is 2. The van der Waals surface area contributed by atoms with Gasteiger partial charge in [0.25, 0.3) is 0 Å². The number of amides is 1. The molecule has 3 rings (SSSR count). The lowest BCUT2D eigenvalue weighted by Gasteiger charge is -2.20. The summed E-state index contributed by atoms with van der Waals surface area (Å²) < 4.78 is 5.32. The Balaban J connectivity index is 1.70. The van der Waals surface area contributed by atoms with Gasteiger partial charge in [0.2, 0.25) is 5.91 Å². The number of para-hydroxylation sites is 1. The third-order valence-corrected chi connectivity index (χ3v) is 5.48. The first-order valence-electron chi connectivity index (χ1n) is 9.57. The summed E-state index contributed by atoms with van der Waals surface area (Å²) in [6.45, 7) is 4.15. The second-order valence-electron chi connectivity index (χ2n) is 7.72. The van der Waals surface area contributed by atoms with Crippen LogP contribution in [0, 0.1) is 19.8 Å². The molecule has 148 valence electrons. The Hall–Kier alpha value is -2.82. The minimum absolute atomic E-state index is 0.0798. The quantitative estimate of drug-likeness (QED) is 0.735. The lowest BCUT2D eigenvalue weighted by molar-refractivity contribution is -0.141. The largest absolute Gasteiger partial charge is 0.496 e. The zero-order valence-corrected chi connectivity index (χ0v) is 16.6. The number of carboxylic acid groups (broad SMARTS) is 1. The van der Waals surface area contributed by atoms with Crippen LogP contribution in [0.3, 0.4) is 0 Å². The highest BCUT2D eigenvalue weighted by Gasteiger charge is 2.51. The fourth-order valence-corrected chi connectivity index (χ4v) is 3.79. The summed E-state index contributed by atoms with van der Waals surface area (Å²) in [6, 6.07) is 13.6. The molecule has 1 amide bonds. The maximum atomic E-state index is 12.9. The molecule has 1 aliphatic carbocycles. The Kier molecular flexibility index (Phi) is 5.73. The monoisotopic (exact) mass is 381 g/mol. The Morgan fingerprint density at radius 3 is 2.36 bits per heavy atom. The van der Waals surface area contributed by atoms with E-state index in [9.17, 15) is 14.7 Å². The lowest BCUT2D eigenvalue weighted by atomic mass is 9.91. The van der Waals surface area contributed by atoms with Crippen molar-refractivity contribution in [1.82, 2.24) is 5.32 Å². The number of hydrogen-bond donors (Lipinski definition) is 2. The van der Waals surface area contributed by atoms with Crippen molar-refractivity contribution in [3.05, 3.63) is 64.7 Å². The molecule has 2 aromatic rings. The zero-order chi connectivity index (χ0) is 20.3. The molecule has 5 heteroatoms. The summed E-state index contributed by atoms with van der Waals surface area (Å²) in [5.41, 5.74) is 3.60. The van der Waals surface area contributed by atoms with E-state index in [1.165, 1.54) is 0 Å². The molecule has 0 bridgehead atoms. The van der Waals surface area contributed by atoms with Crippen molar-refractivity contribution in [2.24, 2.45) is 5.92 Å². The minimum Gasteiger partial charge on any atom is -0.496 e. The highest BCUT2D eigenvalue weighted by atomic mass is 16.5. The second kappa shape index (κ2) is 8.05. The molecule has 0 heterocycles. The molecule has 0 aliphatic heterocycles. The van der Waals surface area contributed by atoms with Gasteiger partial charge in [0.15, 0.2) is 0 Å². The molecule has 1 saturated carbocycles. The van der Waals surface area contributed by atoms with Gasteiger partial charge in [-0.3, -0.25) is 9.59 Å². The summed E-state index contributed by atoms with van der Waals surface area (Å²) >= 11 is 0. The molecule has 28 heavy (non-hydrogen) atoms. The van der Waals surface area contributed by atoms with Gasteiger partial charge < -0.3 is 15.2 Å². The highest BCUT2D eigenvalue weighted by Crippen LogP contribution is 2.48. The maximum Gasteiger partial charge on any atom is 0.308 e. The van der Waals surface area contributed by atoms with Crippen molar-refractivity contribution in [2.75, 3.05) is 13.7 Å². The fourth-order valence-electron chi connectivity index (χ4n) is 3.79. The standard InChI is InChI=1S/C23H27NO4/c1-15-10-16(2)12-19(11-15)23(8-9-23)22(27)24-14-18(21(25)26)13-17-6-4-5-7-20(17)28-3/h4-7,10-12,18H,8-9,13-14H2,1-3H3,(H,24,27)(H,25,26). The molecule has 1 atom stereocenters. The van der Waals surface area contributed by atoms with E-state index in [4.69, 9.17) is 4.74 Å². The van der Waals surface area contributed by atoms with Gasteiger partial charge in [-0.05, 0) is 50.3 Å². The molecular weight excluding hydrogens is 354 g/mol. The van der Waals surface area contributed by atoms with Crippen LogP contribution in [0.1, 0.15) is 35.1 Å². The summed E-state index contributed by atoms with van der Waals surface area (Å²) in [5, 5.41) is 12.5. The van der Waals surface area contributed by atoms with Gasteiger partial charge in [-0.1, -0.05) is 47.5 Å². The number of rotatable bonds is 8. The van der Waals surface area contributed by atoms with Crippen LogP contribution in [0.4, 0.5) is 0 Å². The van der Waals surface area contributed by atoms with Gasteiger partial charge in [-0.2, -0.15) is 0 Å². The van der Waals surface area contributed by atoms with Crippen molar-refractivity contribution in [1.29, 1.82) is 0 Å². The van der Waals surface area contributed by atoms with E-state index < -0.39 is 17.3 Å². The van der Waals surface area contributed by atoms with Crippen LogP contribution < -0.4 is 10.1 Å². The third kappa shape index (κ3) is 4.19. The number of hydrogen-bond acceptors (Lipinski definition) is 3. The number of carbonyl (C=O) groups is 2. The average Bonchev–Trinajstić information content (AvgIpc) is 3.46. The number of aryl methyl sites for hydroxylation is 2. The normalized spacial score (nSPS) is 15.5. The first-order chi connectivity index (χ1) is 13.4. The zero-order valence-electron chi connectivity index (χ0n) is 16.6. The fraction of sp³-hybridized carbons (Fsp3) is 0.391. The Morgan fingerprint density at radius 2 is 1.79 bits per heavy atom. The maximum absolute atomic E-state index is 12.9. The minimum atomic E-state index is -0.928. The third-order valence-electron chi connectivity index (χ3n) is 5.48. The predicted molar refractivity (Wildman–Crippen MR) is 108 cm³/mol. The van der Waals surface area contributed by atoms with Gasteiger partial charge in [0.1, 0.15) is 5.75 Å². The molecule has 1 unspecified atom stereocenters. The van der Waals surface area contributed by atoms with Crippen LogP contribution in [-0.2, 0) is 21.4 Å². The van der Waals surface area contributed by atoms with Crippen LogP contribution in [0.15, 0.2) is 42.5 Å². The number of aliphatic carboxylic acids is 1. The summed E-state index contributed by atoms with van der Waals surface area (Å²) in [7, 11) is 1.57. The summed E-state index contributed by atoms with van der Waals surface area (Å²) in [5.74, 6) is -1.06. The number of carbonyl (C=O) groups excluding carboxylic acids is 1. The van der Waals surface area contributed by atoms with Crippen LogP contribution in [0.5, 0.6) is 5.75 Å². The number of ether oxygens (including phenoxy) is 1. The average molecular weight is 381 g/mol. The molecule has 0 radical (unpaired) electrons. The molecule has 0 spiro atoms. The van der Waals surface area contributed by atoms with E-state index in [0.29, 0.717) is 12.2 Å². The van der Waals surface area contributed by atoms with Crippen LogP contribution >= 0.6 is 0 Å². The van der Waals surface area contributed by atoms with Crippen molar-refractivity contribution in [3.63, 3.8) is 0 Å². The molecule has 5 nitrogen and oxygen atoms in total. The predicted octanol–water partition coefficient (Wildman–Crippen LogP) is 3.40. The van der Waals surface area contributed by atoms with Gasteiger partial charge in [-0.25, -0.2) is 0 Å². The Labute approximate surface area is 165 Å². The van der Waals surface area contributed by atoms with E-state index >= 15 is 0 Å². The van der Waals surface area contributed by atoms with Gasteiger partial charge >= 0.3 is 5.97 Å². The molecular formula is C23H27NO4. The van der Waals surface area contributed by atoms with E-state index in [2.05, 4.69) is 23.5 Å². The molecule has 0 aromatic heterocycles. The van der Waals surface area contributed by atoms with E-state index in [0.717, 1.165) is 35.1 Å². The van der Waals surface area contributed by atoms with E-state index in [1.54, 1.807) is 7.11 Å². The van der Waals surface area contributed by atoms with E-state index in [-0.39, 0.29) is 12.5 Å². The van der Waals surface area contributed by atoms with Gasteiger partial charge in [0, 0.05) is 6.54 Å². The molecule has 0 saturated heterocycles. The first kappa shape index (κ1) is 19.9. The lowest BCUT2D eigenvalue weighted by Crippen LogP contribution is -2.40. The summed E-state index contributed by atoms with van der Waals surface area (Å²) in [6.07, 6.45) is 1.90. The number of carboxylic acids is 1. The van der Waals surface area contributed by atoms with Crippen LogP contribution in [0.25, 0.3) is 0 Å². The van der Waals surface area contributed by atoms with Crippen LogP contribution in [0.2, 0.25) is 0 Å². The van der Waals surface area contributed by atoms with Gasteiger partial charge in [-0.15, -0.1) is 0 Å². The second-order valence-corrected chi connectivity index (χ2v) is 7.72. The van der Waals surface area contributed by atoms with Crippen LogP contribution in [-0.4, -0.2) is 30.6 Å². The smallest absolute Gasteiger partial charge is 0.308 e. The van der Waals surface area contributed by atoms with Gasteiger partial charge in [0.05, 0.1) is 18.4 Å². The first-order valence-corrected chi connectivity index (χ1v) is 9.57. The van der Waals surface area contributed by atoms with Crippen molar-refractivity contribution in [2.45, 2.75) is 38.5 Å². The highest BCUT2D eigenvalue weighted by molar-refractivity contribution is 5.91. The SMILES string of the molecule is COc1ccccc1CC(CNC(=O)C1(c2cc(C)cc(C)c2)CC1)C(=O)O. The van der Waals surface area contributed by atoms with E-state index in [1.807, 2.05) is 38.1 Å². The van der Waals surface area contributed by atoms with Crippen molar-refractivity contribution < 1.29 is 19.4 Å². The molecule has 1 aliphatic rings. The molecule has 1 fully saturated rings. The van der Waals surface area contributed by atoms with Crippen molar-refractivity contribution >= 4 is 11.9 Å². The number of methoxy groups -OCH3 is 1. The Morgan fingerprint density at radius 1 is 1.14 bits per heavy atom. The topological polar surface area (TPSA) is 75.6 Å². The molecule has 2 N–H and O–H groups in total. The molecule has 2 aromatic carbocycles. The Bertz CT molecular complexity index is 866.